The van der Waals surface area contributed by atoms with E-state index in [2.05, 4.69) is 22.7 Å². The lowest BCUT2D eigenvalue weighted by Gasteiger charge is -2.23. The van der Waals surface area contributed by atoms with Gasteiger partial charge in [0.25, 0.3) is 5.71 Å². The van der Waals surface area contributed by atoms with Crippen LogP contribution in [0.1, 0.15) is 26.2 Å². The molecule has 0 atom stereocenters. The van der Waals surface area contributed by atoms with Crippen LogP contribution in [0.4, 0.5) is 0 Å². The highest BCUT2D eigenvalue weighted by Crippen LogP contribution is 2.24. The molecule has 0 bridgehead atoms. The van der Waals surface area contributed by atoms with Crippen molar-refractivity contribution in [1.82, 2.24) is 4.90 Å². The van der Waals surface area contributed by atoms with Gasteiger partial charge in [0.15, 0.2) is 0 Å². The maximum Gasteiger partial charge on any atom is 0.296 e. The first-order valence-corrected chi connectivity index (χ1v) is 5.16. The molecule has 1 heterocycles. The van der Waals surface area contributed by atoms with E-state index in [-0.39, 0.29) is 0 Å². The van der Waals surface area contributed by atoms with Crippen LogP contribution in [-0.2, 0) is 0 Å². The van der Waals surface area contributed by atoms with E-state index >= 15 is 0 Å². The van der Waals surface area contributed by atoms with Crippen LogP contribution in [0, 0.1) is 0 Å². The number of rotatable bonds is 1. The minimum absolute atomic E-state index is 0.750. The predicted molar refractivity (Wildman–Crippen MR) is 55.9 cm³/mol. The van der Waals surface area contributed by atoms with Crippen molar-refractivity contribution in [2.75, 3.05) is 13.1 Å². The average Bonchev–Trinajstić information content (AvgIpc) is 2.70. The Bertz CT molecular complexity index is 340. The van der Waals surface area contributed by atoms with Gasteiger partial charge in [0, 0.05) is 24.9 Å². The molecule has 0 saturated carbocycles. The minimum Gasteiger partial charge on any atom is -0.372 e. The average molecular weight is 189 g/mol. The zero-order valence-corrected chi connectivity index (χ0v) is 8.53. The number of likely N-dealkylation sites (tertiary alicyclic amines) is 1. The Morgan fingerprint density at radius 3 is 2.64 bits per heavy atom. The molecule has 1 aliphatic heterocycles. The minimum atomic E-state index is 0.750. The Hall–Kier alpha value is -1.34. The topological polar surface area (TPSA) is 39.6 Å². The van der Waals surface area contributed by atoms with Crippen LogP contribution < -0.4 is 0 Å². The smallest absolute Gasteiger partial charge is 0.296 e. The Labute approximate surface area is 84.3 Å². The van der Waals surface area contributed by atoms with Gasteiger partial charge in [0.2, 0.25) is 0 Å². The lowest BCUT2D eigenvalue weighted by Crippen LogP contribution is -2.21. The summed E-state index contributed by atoms with van der Waals surface area (Å²) >= 11 is 0. The molecule has 0 aromatic heterocycles. The summed E-state index contributed by atoms with van der Waals surface area (Å²) in [4.78, 5) is 5.65. The Balaban J connectivity index is 2.18. The molecular weight excluding hydrogens is 174 g/mol. The van der Waals surface area contributed by atoms with E-state index in [1.807, 2.05) is 6.08 Å². The molecule has 1 saturated heterocycles. The Kier molecular flexibility index (Phi) is 2.51. The van der Waals surface area contributed by atoms with E-state index < -0.39 is 0 Å². The van der Waals surface area contributed by atoms with E-state index in [9.17, 15) is 0 Å². The van der Waals surface area contributed by atoms with Crippen molar-refractivity contribution < 1.29 is 4.79 Å². The van der Waals surface area contributed by atoms with E-state index in [4.69, 9.17) is 5.53 Å². The maximum absolute atomic E-state index is 8.66. The number of hydrogen-bond acceptors (Lipinski definition) is 1. The van der Waals surface area contributed by atoms with Gasteiger partial charge in [0.1, 0.15) is 0 Å². The van der Waals surface area contributed by atoms with Gasteiger partial charge in [-0.3, -0.25) is 0 Å². The second kappa shape index (κ2) is 3.81. The van der Waals surface area contributed by atoms with Gasteiger partial charge in [-0.1, -0.05) is 0 Å². The standard InChI is InChI=1S/C11H15N3/c1-9-8-10(13-12)4-5-11(9)14-6-2-3-7-14/h5,8H,2-4,6-7H2,1H3. The molecule has 0 radical (unpaired) electrons. The SMILES string of the molecule is CC1=CC(=[N+]=[N-])CC=C1N1CCCC1. The van der Waals surface area contributed by atoms with Crippen molar-refractivity contribution in [2.45, 2.75) is 26.2 Å². The zero-order valence-electron chi connectivity index (χ0n) is 8.53. The van der Waals surface area contributed by atoms with Crippen LogP contribution >= 0.6 is 0 Å². The molecule has 0 N–H and O–H groups in total. The molecule has 0 aromatic rings. The third-order valence-electron chi connectivity index (χ3n) is 2.87. The van der Waals surface area contributed by atoms with Gasteiger partial charge >= 0.3 is 0 Å². The van der Waals surface area contributed by atoms with Gasteiger partial charge in [-0.25, -0.2) is 0 Å². The van der Waals surface area contributed by atoms with Crippen molar-refractivity contribution >= 4 is 5.71 Å². The number of nitrogens with zero attached hydrogens (tertiary/aromatic N) is 3. The van der Waals surface area contributed by atoms with Crippen LogP contribution in [0.15, 0.2) is 23.4 Å². The van der Waals surface area contributed by atoms with E-state index in [0.717, 1.165) is 12.1 Å². The molecule has 0 amide bonds. The van der Waals surface area contributed by atoms with Gasteiger partial charge in [-0.15, -0.1) is 0 Å². The van der Waals surface area contributed by atoms with Crippen LogP contribution in [0.5, 0.6) is 0 Å². The molecular formula is C11H15N3. The van der Waals surface area contributed by atoms with Gasteiger partial charge in [-0.05, 0) is 31.4 Å². The summed E-state index contributed by atoms with van der Waals surface area (Å²) in [7, 11) is 0. The first kappa shape index (κ1) is 9.22. The first-order chi connectivity index (χ1) is 6.81. The van der Waals surface area contributed by atoms with Gasteiger partial charge < -0.3 is 10.4 Å². The van der Waals surface area contributed by atoms with Crippen LogP contribution in [0.3, 0.4) is 0 Å². The molecule has 2 aliphatic rings. The molecule has 2 rings (SSSR count). The summed E-state index contributed by atoms with van der Waals surface area (Å²) in [6, 6.07) is 0. The van der Waals surface area contributed by atoms with Crippen LogP contribution in [-0.4, -0.2) is 28.5 Å². The fourth-order valence-corrected chi connectivity index (χ4v) is 2.15. The molecule has 0 aromatic carbocycles. The highest BCUT2D eigenvalue weighted by Gasteiger charge is 2.20. The summed E-state index contributed by atoms with van der Waals surface area (Å²) in [5.41, 5.74) is 12.0. The predicted octanol–water partition coefficient (Wildman–Crippen LogP) is 1.99. The third kappa shape index (κ3) is 1.64. The van der Waals surface area contributed by atoms with Crippen molar-refractivity contribution in [3.63, 3.8) is 0 Å². The lowest BCUT2D eigenvalue weighted by molar-refractivity contribution is -0.00553. The number of hydrogen-bond donors (Lipinski definition) is 0. The summed E-state index contributed by atoms with van der Waals surface area (Å²) in [5, 5.41) is 0. The molecule has 0 spiro atoms. The highest BCUT2D eigenvalue weighted by atomic mass is 15.1. The first-order valence-electron chi connectivity index (χ1n) is 5.16. The molecule has 1 aliphatic carbocycles. The van der Waals surface area contributed by atoms with E-state index in [1.165, 1.54) is 37.2 Å². The third-order valence-corrected chi connectivity index (χ3v) is 2.87. The van der Waals surface area contributed by atoms with E-state index in [0.29, 0.717) is 0 Å². The van der Waals surface area contributed by atoms with Gasteiger partial charge in [0.05, 0.1) is 6.42 Å². The molecule has 14 heavy (non-hydrogen) atoms. The largest absolute Gasteiger partial charge is 0.372 e. The molecule has 1 fully saturated rings. The van der Waals surface area contributed by atoms with Crippen molar-refractivity contribution in [3.05, 3.63) is 29.0 Å². The quantitative estimate of drug-likeness (QED) is 0.459. The Morgan fingerprint density at radius 2 is 2.07 bits per heavy atom. The number of allylic oxidation sites excluding steroid dienone is 3. The molecule has 0 unspecified atom stereocenters. The molecule has 3 nitrogen and oxygen atoms in total. The second-order valence-corrected chi connectivity index (χ2v) is 3.91. The fraction of sp³-hybridized carbons (Fsp3) is 0.545. The van der Waals surface area contributed by atoms with Crippen LogP contribution in [0.2, 0.25) is 0 Å². The second-order valence-electron chi connectivity index (χ2n) is 3.91. The Morgan fingerprint density at radius 1 is 1.36 bits per heavy atom. The normalized spacial score (nSPS) is 21.8. The zero-order chi connectivity index (χ0) is 9.97. The highest BCUT2D eigenvalue weighted by molar-refractivity contribution is 5.94. The van der Waals surface area contributed by atoms with Crippen molar-refractivity contribution in [2.24, 2.45) is 0 Å². The fourth-order valence-electron chi connectivity index (χ4n) is 2.15. The summed E-state index contributed by atoms with van der Waals surface area (Å²) < 4.78 is 0. The summed E-state index contributed by atoms with van der Waals surface area (Å²) in [5.74, 6) is 0. The van der Waals surface area contributed by atoms with Crippen molar-refractivity contribution in [1.29, 1.82) is 0 Å². The summed E-state index contributed by atoms with van der Waals surface area (Å²) in [6.07, 6.45) is 7.47. The van der Waals surface area contributed by atoms with Crippen LogP contribution in [0.25, 0.3) is 5.53 Å². The maximum atomic E-state index is 8.66. The molecule has 74 valence electrons. The van der Waals surface area contributed by atoms with Crippen molar-refractivity contribution in [3.8, 4) is 0 Å². The lowest BCUT2D eigenvalue weighted by atomic mass is 10.0. The monoisotopic (exact) mass is 189 g/mol. The van der Waals surface area contributed by atoms with Gasteiger partial charge in [-0.2, -0.15) is 4.79 Å². The summed E-state index contributed by atoms with van der Waals surface area (Å²) in [6.45, 7) is 4.42. The molecule has 3 heteroatoms. The van der Waals surface area contributed by atoms with E-state index in [1.54, 1.807) is 0 Å².